The third-order valence-electron chi connectivity index (χ3n) is 5.38. The van der Waals surface area contributed by atoms with Gasteiger partial charge < -0.3 is 15.0 Å². The lowest BCUT2D eigenvalue weighted by molar-refractivity contribution is -0.137. The predicted octanol–water partition coefficient (Wildman–Crippen LogP) is 5.30. The molecule has 0 saturated carbocycles. The van der Waals surface area contributed by atoms with Gasteiger partial charge >= 0.3 is 6.18 Å². The number of halogens is 3. The summed E-state index contributed by atoms with van der Waals surface area (Å²) in [4.78, 5) is 31.1. The quantitative estimate of drug-likeness (QED) is 0.150. The minimum absolute atomic E-state index is 0.00382. The van der Waals surface area contributed by atoms with Gasteiger partial charge in [-0.15, -0.1) is 0 Å². The van der Waals surface area contributed by atoms with Crippen molar-refractivity contribution in [3.8, 4) is 0 Å². The molecule has 0 aliphatic heterocycles. The van der Waals surface area contributed by atoms with Crippen molar-refractivity contribution in [1.82, 2.24) is 4.90 Å². The number of aliphatic imine (C=N–C) groups is 1. The molecule has 0 aromatic heterocycles. The van der Waals surface area contributed by atoms with Crippen LogP contribution in [0.4, 0.5) is 13.2 Å². The minimum atomic E-state index is -4.90. The molecule has 0 fully saturated rings. The number of nitrogens with one attached hydrogen (secondary N) is 1. The molecule has 0 bridgehead atoms. The van der Waals surface area contributed by atoms with Crippen molar-refractivity contribution in [3.05, 3.63) is 35.6 Å². The SMILES string of the molecule is C=C(C(=O)CN(CC(C)(C)C)C(=O)C(C=N)C(=NC1CC=C(C)CC1)C(F)(F)F)C(=CC)OC. The summed E-state index contributed by atoms with van der Waals surface area (Å²) >= 11 is 0. The molecule has 9 heteroatoms. The highest BCUT2D eigenvalue weighted by Crippen LogP contribution is 2.28. The van der Waals surface area contributed by atoms with E-state index in [1.165, 1.54) is 13.2 Å². The maximum absolute atomic E-state index is 14.0. The van der Waals surface area contributed by atoms with Crippen molar-refractivity contribution in [2.45, 2.75) is 66.1 Å². The molecule has 0 saturated heterocycles. The fraction of sp³-hybridized carbons (Fsp3) is 0.600. The van der Waals surface area contributed by atoms with Crippen LogP contribution in [0, 0.1) is 16.7 Å². The second-order valence-corrected chi connectivity index (χ2v) is 9.65. The van der Waals surface area contributed by atoms with Gasteiger partial charge in [-0.05, 0) is 44.6 Å². The van der Waals surface area contributed by atoms with Gasteiger partial charge in [-0.25, -0.2) is 0 Å². The van der Waals surface area contributed by atoms with Gasteiger partial charge in [0.05, 0.1) is 25.3 Å². The molecule has 1 amide bonds. The Labute approximate surface area is 200 Å². The summed E-state index contributed by atoms with van der Waals surface area (Å²) in [5, 5.41) is 7.67. The van der Waals surface area contributed by atoms with Crippen molar-refractivity contribution >= 4 is 23.6 Å². The first kappa shape index (κ1) is 29.3. The van der Waals surface area contributed by atoms with Crippen LogP contribution in [0.5, 0.6) is 0 Å². The van der Waals surface area contributed by atoms with E-state index in [4.69, 9.17) is 10.1 Å². The highest BCUT2D eigenvalue weighted by molar-refractivity contribution is 6.18. The third-order valence-corrected chi connectivity index (χ3v) is 5.38. The van der Waals surface area contributed by atoms with Crippen LogP contribution in [-0.4, -0.2) is 60.9 Å². The van der Waals surface area contributed by atoms with Crippen molar-refractivity contribution in [2.75, 3.05) is 20.2 Å². The molecule has 0 spiro atoms. The smallest absolute Gasteiger partial charge is 0.430 e. The highest BCUT2D eigenvalue weighted by Gasteiger charge is 2.45. The lowest BCUT2D eigenvalue weighted by Crippen LogP contribution is -2.49. The van der Waals surface area contributed by atoms with Crippen LogP contribution in [0.3, 0.4) is 0 Å². The van der Waals surface area contributed by atoms with E-state index < -0.39 is 47.5 Å². The zero-order chi connectivity index (χ0) is 26.3. The minimum Gasteiger partial charge on any atom is -0.496 e. The molecule has 0 radical (unpaired) electrons. The number of amides is 1. The van der Waals surface area contributed by atoms with Gasteiger partial charge in [0.1, 0.15) is 17.4 Å². The molecular formula is C25H36F3N3O3. The molecule has 190 valence electrons. The van der Waals surface area contributed by atoms with Crippen LogP contribution in [0.2, 0.25) is 0 Å². The Hall–Kier alpha value is -2.71. The van der Waals surface area contributed by atoms with Crippen LogP contribution in [0.1, 0.15) is 53.9 Å². The lowest BCUT2D eigenvalue weighted by Gasteiger charge is -2.32. The summed E-state index contributed by atoms with van der Waals surface area (Å²) in [6.07, 6.45) is 0.347. The van der Waals surface area contributed by atoms with E-state index in [-0.39, 0.29) is 17.9 Å². The van der Waals surface area contributed by atoms with Gasteiger partial charge in [-0.1, -0.05) is 39.0 Å². The number of ketones is 1. The van der Waals surface area contributed by atoms with Crippen molar-refractivity contribution in [1.29, 1.82) is 5.41 Å². The first-order chi connectivity index (χ1) is 15.6. The van der Waals surface area contributed by atoms with Crippen molar-refractivity contribution < 1.29 is 27.5 Å². The zero-order valence-electron chi connectivity index (χ0n) is 20.9. The van der Waals surface area contributed by atoms with Gasteiger partial charge in [0.15, 0.2) is 5.78 Å². The van der Waals surface area contributed by atoms with Crippen LogP contribution in [0.15, 0.2) is 40.6 Å². The molecule has 6 nitrogen and oxygen atoms in total. The Morgan fingerprint density at radius 1 is 1.35 bits per heavy atom. The molecular weight excluding hydrogens is 447 g/mol. The molecule has 34 heavy (non-hydrogen) atoms. The van der Waals surface area contributed by atoms with Crippen LogP contribution in [0.25, 0.3) is 0 Å². The van der Waals surface area contributed by atoms with Crippen LogP contribution >= 0.6 is 0 Å². The number of carbonyl (C=O) groups is 2. The Balaban J connectivity index is 3.35. The number of rotatable bonds is 10. The van der Waals surface area contributed by atoms with Crippen molar-refractivity contribution in [2.24, 2.45) is 16.3 Å². The first-order valence-electron chi connectivity index (χ1n) is 11.2. The average molecular weight is 484 g/mol. The molecule has 1 aliphatic carbocycles. The van der Waals surface area contributed by atoms with E-state index in [1.54, 1.807) is 27.7 Å². The number of hydrogen-bond acceptors (Lipinski definition) is 5. The number of methoxy groups -OCH3 is 1. The molecule has 0 aromatic carbocycles. The number of ether oxygens (including phenoxy) is 1. The van der Waals surface area contributed by atoms with Crippen molar-refractivity contribution in [3.63, 3.8) is 0 Å². The van der Waals surface area contributed by atoms with E-state index in [0.717, 1.165) is 10.5 Å². The number of Topliss-reactive ketones (excluding diaryl/α,β-unsaturated/α-hetero) is 1. The number of hydrogen-bond donors (Lipinski definition) is 1. The molecule has 2 atom stereocenters. The molecule has 0 aromatic rings. The lowest BCUT2D eigenvalue weighted by atomic mass is 9.93. The average Bonchev–Trinajstić information content (AvgIpc) is 2.73. The summed E-state index contributed by atoms with van der Waals surface area (Å²) in [5.41, 5.74) is -0.722. The summed E-state index contributed by atoms with van der Waals surface area (Å²) in [7, 11) is 1.37. The maximum Gasteiger partial charge on any atom is 0.430 e. The zero-order valence-corrected chi connectivity index (χ0v) is 20.9. The van der Waals surface area contributed by atoms with E-state index >= 15 is 0 Å². The van der Waals surface area contributed by atoms with Gasteiger partial charge in [0, 0.05) is 12.8 Å². The molecule has 2 unspecified atom stereocenters. The van der Waals surface area contributed by atoms with E-state index in [1.807, 2.05) is 13.0 Å². The summed E-state index contributed by atoms with van der Waals surface area (Å²) in [6.45, 7) is 12.2. The predicted molar refractivity (Wildman–Crippen MR) is 128 cm³/mol. The highest BCUT2D eigenvalue weighted by atomic mass is 19.4. The Kier molecular flexibility index (Phi) is 10.5. The summed E-state index contributed by atoms with van der Waals surface area (Å²) in [5.74, 6) is -3.28. The Bertz CT molecular complexity index is 880. The second-order valence-electron chi connectivity index (χ2n) is 9.65. The maximum atomic E-state index is 14.0. The van der Waals surface area contributed by atoms with Crippen LogP contribution in [-0.2, 0) is 14.3 Å². The fourth-order valence-electron chi connectivity index (χ4n) is 3.66. The van der Waals surface area contributed by atoms with E-state index in [2.05, 4.69) is 11.6 Å². The van der Waals surface area contributed by atoms with Gasteiger partial charge in [0.25, 0.3) is 0 Å². The number of allylic oxidation sites excluding steroid dienone is 3. The number of nitrogens with zero attached hydrogens (tertiary/aromatic N) is 2. The first-order valence-corrected chi connectivity index (χ1v) is 11.2. The Morgan fingerprint density at radius 3 is 2.38 bits per heavy atom. The monoisotopic (exact) mass is 483 g/mol. The third kappa shape index (κ3) is 8.57. The van der Waals surface area contributed by atoms with E-state index in [0.29, 0.717) is 25.5 Å². The summed E-state index contributed by atoms with van der Waals surface area (Å²) in [6, 6.07) is -0.619. The molecule has 1 rings (SSSR count). The molecule has 1 N–H and O–H groups in total. The molecule has 0 heterocycles. The normalized spacial score (nSPS) is 18.6. The van der Waals surface area contributed by atoms with Gasteiger partial charge in [0.2, 0.25) is 5.91 Å². The second kappa shape index (κ2) is 12.1. The standard InChI is InChI=1S/C25H36F3N3O3/c1-8-21(34-7)17(3)20(32)14-31(15-24(4,5)6)23(33)19(13-29)22(25(26,27)28)30-18-11-9-16(2)10-12-18/h8-9,13,18-19,29H,3,10-12,14-15H2,1-2,4-7H3. The van der Waals surface area contributed by atoms with Crippen LogP contribution < -0.4 is 0 Å². The topological polar surface area (TPSA) is 82.8 Å². The number of alkyl halides is 3. The Morgan fingerprint density at radius 2 is 1.97 bits per heavy atom. The number of carbonyl (C=O) groups excluding carboxylic acids is 2. The van der Waals surface area contributed by atoms with E-state index in [9.17, 15) is 22.8 Å². The largest absolute Gasteiger partial charge is 0.496 e. The molecule has 1 aliphatic rings. The van der Waals surface area contributed by atoms with Gasteiger partial charge in [-0.2, -0.15) is 13.2 Å². The van der Waals surface area contributed by atoms with Gasteiger partial charge in [-0.3, -0.25) is 14.6 Å². The fourth-order valence-corrected chi connectivity index (χ4v) is 3.66. The summed E-state index contributed by atoms with van der Waals surface area (Å²) < 4.78 is 47.1.